The Morgan fingerprint density at radius 1 is 0.964 bits per heavy atom. The first-order valence-electron chi connectivity index (χ1n) is 8.67. The molecule has 0 bridgehead atoms. The molecule has 0 radical (unpaired) electrons. The number of hydrogen-bond acceptors (Lipinski definition) is 3. The van der Waals surface area contributed by atoms with E-state index in [0.717, 1.165) is 16.7 Å². The van der Waals surface area contributed by atoms with Crippen molar-refractivity contribution in [3.05, 3.63) is 88.9 Å². The molecule has 28 heavy (non-hydrogen) atoms. The van der Waals surface area contributed by atoms with Gasteiger partial charge in [-0.25, -0.2) is 4.79 Å². The van der Waals surface area contributed by atoms with E-state index in [2.05, 4.69) is 5.32 Å². The van der Waals surface area contributed by atoms with Crippen LogP contribution in [0.5, 0.6) is 0 Å². The highest BCUT2D eigenvalue weighted by molar-refractivity contribution is 6.33. The summed E-state index contributed by atoms with van der Waals surface area (Å²) in [6.07, 6.45) is 0.155. The van der Waals surface area contributed by atoms with E-state index in [1.807, 2.05) is 48.5 Å². The van der Waals surface area contributed by atoms with Gasteiger partial charge in [-0.2, -0.15) is 0 Å². The van der Waals surface area contributed by atoms with Gasteiger partial charge in [0.15, 0.2) is 0 Å². The average molecular weight is 395 g/mol. The molecular formula is C22H19ClN2O3. The molecule has 0 saturated carbocycles. The fourth-order valence-electron chi connectivity index (χ4n) is 2.87. The van der Waals surface area contributed by atoms with Crippen LogP contribution in [0.25, 0.3) is 11.1 Å². The molecule has 0 aliphatic rings. The molecule has 4 N–H and O–H groups in total. The number of carbonyl (C=O) groups is 2. The third-order valence-corrected chi connectivity index (χ3v) is 4.67. The lowest BCUT2D eigenvalue weighted by Crippen LogP contribution is -2.42. The van der Waals surface area contributed by atoms with E-state index in [9.17, 15) is 14.7 Å². The van der Waals surface area contributed by atoms with Crippen LogP contribution in [0.15, 0.2) is 72.8 Å². The summed E-state index contributed by atoms with van der Waals surface area (Å²) in [6.45, 7) is 0. The van der Waals surface area contributed by atoms with Gasteiger partial charge in [-0.05, 0) is 41.0 Å². The molecule has 3 aromatic carbocycles. The Labute approximate surface area is 167 Å². The van der Waals surface area contributed by atoms with Gasteiger partial charge >= 0.3 is 5.97 Å². The molecule has 1 atom stereocenters. The highest BCUT2D eigenvalue weighted by Gasteiger charge is 2.22. The van der Waals surface area contributed by atoms with Gasteiger partial charge in [-0.15, -0.1) is 0 Å². The Bertz CT molecular complexity index is 1000. The Morgan fingerprint density at radius 2 is 1.68 bits per heavy atom. The molecule has 6 heteroatoms. The van der Waals surface area contributed by atoms with Gasteiger partial charge in [-0.3, -0.25) is 4.79 Å². The van der Waals surface area contributed by atoms with Crippen molar-refractivity contribution < 1.29 is 14.7 Å². The van der Waals surface area contributed by atoms with Crippen molar-refractivity contribution in [1.29, 1.82) is 0 Å². The molecule has 0 fully saturated rings. The maximum absolute atomic E-state index is 12.4. The van der Waals surface area contributed by atoms with Gasteiger partial charge in [0, 0.05) is 12.1 Å². The summed E-state index contributed by atoms with van der Waals surface area (Å²) in [4.78, 5) is 24.0. The van der Waals surface area contributed by atoms with E-state index in [-0.39, 0.29) is 17.0 Å². The lowest BCUT2D eigenvalue weighted by atomic mass is 10.00. The summed E-state index contributed by atoms with van der Waals surface area (Å²) in [7, 11) is 0. The molecule has 1 amide bonds. The maximum atomic E-state index is 12.4. The van der Waals surface area contributed by atoms with Gasteiger partial charge in [0.05, 0.1) is 10.6 Å². The summed E-state index contributed by atoms with van der Waals surface area (Å²) in [5.41, 5.74) is 9.48. The number of carbonyl (C=O) groups excluding carboxylic acids is 1. The van der Waals surface area contributed by atoms with E-state index in [4.69, 9.17) is 17.3 Å². The summed E-state index contributed by atoms with van der Waals surface area (Å²) >= 11 is 6.01. The second-order valence-electron chi connectivity index (χ2n) is 6.37. The van der Waals surface area contributed by atoms with Crippen LogP contribution in [0, 0.1) is 0 Å². The van der Waals surface area contributed by atoms with E-state index >= 15 is 0 Å². The first-order valence-corrected chi connectivity index (χ1v) is 9.05. The minimum Gasteiger partial charge on any atom is -0.480 e. The number of nitrogens with one attached hydrogen (secondary N) is 1. The van der Waals surface area contributed by atoms with E-state index < -0.39 is 17.9 Å². The van der Waals surface area contributed by atoms with Crippen LogP contribution in [-0.2, 0) is 11.2 Å². The number of anilines is 1. The van der Waals surface area contributed by atoms with Crippen LogP contribution in [-0.4, -0.2) is 23.0 Å². The van der Waals surface area contributed by atoms with Crippen LogP contribution in [0.2, 0.25) is 5.02 Å². The van der Waals surface area contributed by atoms with Gasteiger partial charge < -0.3 is 16.2 Å². The minimum atomic E-state index is -1.11. The zero-order chi connectivity index (χ0) is 20.1. The highest BCUT2D eigenvalue weighted by Crippen LogP contribution is 2.22. The predicted octanol–water partition coefficient (Wildman–Crippen LogP) is 4.01. The summed E-state index contributed by atoms with van der Waals surface area (Å²) in [6, 6.07) is 20.5. The standard InChI is InChI=1S/C22H19ClN2O3/c23-19-7-2-1-6-18(19)21(26)25-20(22(27)28)12-14-8-10-15(11-9-14)16-4-3-5-17(24)13-16/h1-11,13,20H,12,24H2,(H,25,26)(H,27,28)/t20-/m0/s1. The van der Waals surface area contributed by atoms with Crippen molar-refractivity contribution in [2.24, 2.45) is 0 Å². The van der Waals surface area contributed by atoms with Crippen molar-refractivity contribution in [2.45, 2.75) is 12.5 Å². The number of nitrogen functional groups attached to an aromatic ring is 1. The van der Waals surface area contributed by atoms with E-state index in [1.54, 1.807) is 24.3 Å². The van der Waals surface area contributed by atoms with Crippen molar-refractivity contribution in [2.75, 3.05) is 5.73 Å². The van der Waals surface area contributed by atoms with Crippen molar-refractivity contribution in [3.63, 3.8) is 0 Å². The second-order valence-corrected chi connectivity index (χ2v) is 6.78. The Morgan fingerprint density at radius 3 is 2.32 bits per heavy atom. The van der Waals surface area contributed by atoms with Crippen molar-refractivity contribution >= 4 is 29.2 Å². The van der Waals surface area contributed by atoms with Crippen molar-refractivity contribution in [3.8, 4) is 11.1 Å². The van der Waals surface area contributed by atoms with Crippen molar-refractivity contribution in [1.82, 2.24) is 5.32 Å². The molecule has 0 saturated heterocycles. The quantitative estimate of drug-likeness (QED) is 0.550. The number of carboxylic acid groups (broad SMARTS) is 1. The number of halogens is 1. The first-order chi connectivity index (χ1) is 13.4. The fourth-order valence-corrected chi connectivity index (χ4v) is 3.09. The molecule has 5 nitrogen and oxygen atoms in total. The van der Waals surface area contributed by atoms with E-state index in [0.29, 0.717) is 5.69 Å². The largest absolute Gasteiger partial charge is 0.480 e. The predicted molar refractivity (Wildman–Crippen MR) is 110 cm³/mol. The third-order valence-electron chi connectivity index (χ3n) is 4.34. The number of benzene rings is 3. The Hall–Kier alpha value is -3.31. The van der Waals surface area contributed by atoms with Gasteiger partial charge in [-0.1, -0.05) is 60.1 Å². The molecule has 3 rings (SSSR count). The topological polar surface area (TPSA) is 92.4 Å². The summed E-state index contributed by atoms with van der Waals surface area (Å²) in [5.74, 6) is -1.63. The highest BCUT2D eigenvalue weighted by atomic mass is 35.5. The molecule has 142 valence electrons. The molecule has 3 aromatic rings. The normalized spacial score (nSPS) is 11.6. The number of nitrogens with two attached hydrogens (primary N) is 1. The zero-order valence-corrected chi connectivity index (χ0v) is 15.7. The second kappa shape index (κ2) is 8.59. The van der Waals surface area contributed by atoms with Crippen LogP contribution in [0.1, 0.15) is 15.9 Å². The molecule has 0 heterocycles. The average Bonchev–Trinajstić information content (AvgIpc) is 2.68. The smallest absolute Gasteiger partial charge is 0.326 e. The minimum absolute atomic E-state index is 0.155. The number of aliphatic carboxylic acids is 1. The Balaban J connectivity index is 1.73. The fraction of sp³-hybridized carbons (Fsp3) is 0.0909. The van der Waals surface area contributed by atoms with Gasteiger partial charge in [0.25, 0.3) is 5.91 Å². The molecule has 0 unspecified atom stereocenters. The van der Waals surface area contributed by atoms with Crippen LogP contribution in [0.3, 0.4) is 0 Å². The lowest BCUT2D eigenvalue weighted by Gasteiger charge is -2.15. The van der Waals surface area contributed by atoms with E-state index in [1.165, 1.54) is 0 Å². The van der Waals surface area contributed by atoms with Gasteiger partial charge in [0.2, 0.25) is 0 Å². The summed E-state index contributed by atoms with van der Waals surface area (Å²) in [5, 5.41) is 12.3. The number of carboxylic acids is 1. The monoisotopic (exact) mass is 394 g/mol. The number of amides is 1. The van der Waals surface area contributed by atoms with Gasteiger partial charge in [0.1, 0.15) is 6.04 Å². The SMILES string of the molecule is Nc1cccc(-c2ccc(C[C@H](NC(=O)c3ccccc3Cl)C(=O)O)cc2)c1. The zero-order valence-electron chi connectivity index (χ0n) is 14.9. The number of hydrogen-bond donors (Lipinski definition) is 3. The van der Waals surface area contributed by atoms with Crippen LogP contribution >= 0.6 is 11.6 Å². The summed E-state index contributed by atoms with van der Waals surface area (Å²) < 4.78 is 0. The molecule has 0 aliphatic carbocycles. The molecule has 0 spiro atoms. The first kappa shape index (κ1) is 19.5. The number of rotatable bonds is 6. The van der Waals surface area contributed by atoms with Crippen LogP contribution < -0.4 is 11.1 Å². The lowest BCUT2D eigenvalue weighted by molar-refractivity contribution is -0.139. The molecule has 0 aliphatic heterocycles. The third kappa shape index (κ3) is 4.69. The van der Waals surface area contributed by atoms with Crippen LogP contribution in [0.4, 0.5) is 5.69 Å². The maximum Gasteiger partial charge on any atom is 0.326 e. The Kier molecular flexibility index (Phi) is 5.96. The molecular weight excluding hydrogens is 376 g/mol. The molecule has 0 aromatic heterocycles.